The molecular formula is C17H27N3O4S. The van der Waals surface area contributed by atoms with Gasteiger partial charge in [0.25, 0.3) is 0 Å². The van der Waals surface area contributed by atoms with Crippen molar-refractivity contribution in [2.75, 3.05) is 26.2 Å². The summed E-state index contributed by atoms with van der Waals surface area (Å²) in [5.41, 5.74) is 0. The van der Waals surface area contributed by atoms with Crippen molar-refractivity contribution in [2.45, 2.75) is 43.8 Å². The Morgan fingerprint density at radius 3 is 2.28 bits per heavy atom. The lowest BCUT2D eigenvalue weighted by Crippen LogP contribution is -2.51. The highest BCUT2D eigenvalue weighted by Gasteiger charge is 2.35. The highest BCUT2D eigenvalue weighted by molar-refractivity contribution is 7.89. The normalized spacial score (nSPS) is 26.8. The van der Waals surface area contributed by atoms with Crippen LogP contribution in [0.5, 0.6) is 0 Å². The van der Waals surface area contributed by atoms with Crippen LogP contribution in [0.15, 0.2) is 23.4 Å². The molecule has 140 valence electrons. The Labute approximate surface area is 149 Å². The number of piperidine rings is 1. The van der Waals surface area contributed by atoms with Gasteiger partial charge in [-0.15, -0.1) is 0 Å². The quantitative estimate of drug-likeness (QED) is 0.799. The highest BCUT2D eigenvalue weighted by atomic mass is 32.2. The van der Waals surface area contributed by atoms with Gasteiger partial charge in [-0.05, 0) is 32.8 Å². The highest BCUT2D eigenvalue weighted by Crippen LogP contribution is 2.26. The molecule has 1 aromatic rings. The number of nitrogens with zero attached hydrogens (tertiary/aromatic N) is 3. The van der Waals surface area contributed by atoms with Crippen LogP contribution in [0.3, 0.4) is 0 Å². The van der Waals surface area contributed by atoms with E-state index in [0.717, 1.165) is 0 Å². The molecule has 0 spiro atoms. The zero-order valence-electron chi connectivity index (χ0n) is 15.1. The van der Waals surface area contributed by atoms with E-state index in [1.807, 2.05) is 18.7 Å². The summed E-state index contributed by atoms with van der Waals surface area (Å²) in [6.07, 6.45) is 4.58. The fourth-order valence-electron chi connectivity index (χ4n) is 3.74. The first-order chi connectivity index (χ1) is 11.8. The molecule has 0 unspecified atom stereocenters. The van der Waals surface area contributed by atoms with Gasteiger partial charge in [0.2, 0.25) is 15.9 Å². The fourth-order valence-corrected chi connectivity index (χ4v) is 5.26. The first-order valence-electron chi connectivity index (χ1n) is 8.83. The van der Waals surface area contributed by atoms with E-state index in [1.165, 1.54) is 4.31 Å². The van der Waals surface area contributed by atoms with Gasteiger partial charge in [0.05, 0.1) is 17.1 Å². The fraction of sp³-hybridized carbons (Fsp3) is 0.706. The van der Waals surface area contributed by atoms with Crippen LogP contribution in [0.1, 0.15) is 26.7 Å². The molecule has 0 aromatic carbocycles. The number of aromatic nitrogens is 1. The van der Waals surface area contributed by atoms with E-state index in [2.05, 4.69) is 0 Å². The second-order valence-electron chi connectivity index (χ2n) is 7.19. The van der Waals surface area contributed by atoms with Crippen molar-refractivity contribution in [1.82, 2.24) is 13.8 Å². The number of carbonyl (C=O) groups excluding carboxylic acids is 1. The Morgan fingerprint density at radius 1 is 1.16 bits per heavy atom. The number of hydrogen-bond acceptors (Lipinski definition) is 4. The number of ether oxygens (including phenoxy) is 1. The maximum absolute atomic E-state index is 12.8. The maximum Gasteiger partial charge on any atom is 0.244 e. The van der Waals surface area contributed by atoms with E-state index in [4.69, 9.17) is 4.74 Å². The van der Waals surface area contributed by atoms with Gasteiger partial charge >= 0.3 is 0 Å². The molecule has 25 heavy (non-hydrogen) atoms. The molecule has 1 aromatic heterocycles. The average molecular weight is 369 g/mol. The van der Waals surface area contributed by atoms with E-state index < -0.39 is 10.0 Å². The summed E-state index contributed by atoms with van der Waals surface area (Å²) in [4.78, 5) is 15.0. The molecule has 0 N–H and O–H groups in total. The molecule has 7 nitrogen and oxygen atoms in total. The van der Waals surface area contributed by atoms with Crippen LogP contribution >= 0.6 is 0 Å². The predicted octanol–water partition coefficient (Wildman–Crippen LogP) is 1.06. The molecule has 0 bridgehead atoms. The lowest BCUT2D eigenvalue weighted by atomic mass is 9.96. The first-order valence-corrected chi connectivity index (χ1v) is 10.3. The first kappa shape index (κ1) is 18.4. The molecule has 3 heterocycles. The van der Waals surface area contributed by atoms with Crippen molar-refractivity contribution >= 4 is 15.9 Å². The number of morpholine rings is 1. The van der Waals surface area contributed by atoms with Gasteiger partial charge in [-0.3, -0.25) is 4.79 Å². The molecule has 1 amide bonds. The standard InChI is InChI=1S/C17H27N3O4S/c1-13-10-19(11-14(2)24-13)17(21)15-4-8-20(9-5-15)25(22,23)16-6-7-18(3)12-16/h6-7,12-15H,4-5,8-11H2,1-3H3/t13-,14-/m0/s1. The van der Waals surface area contributed by atoms with E-state index in [0.29, 0.717) is 43.9 Å². The molecule has 2 aliphatic rings. The number of hydrogen-bond donors (Lipinski definition) is 0. The van der Waals surface area contributed by atoms with Crippen LogP contribution in [-0.2, 0) is 26.6 Å². The van der Waals surface area contributed by atoms with Gasteiger partial charge in [-0.25, -0.2) is 8.42 Å². The minimum Gasteiger partial charge on any atom is -0.372 e. The third-order valence-corrected chi connectivity index (χ3v) is 6.86. The molecule has 2 saturated heterocycles. The van der Waals surface area contributed by atoms with Crippen molar-refractivity contribution in [3.8, 4) is 0 Å². The van der Waals surface area contributed by atoms with Gasteiger partial charge in [0, 0.05) is 51.5 Å². The molecule has 0 radical (unpaired) electrons. The molecule has 2 aliphatic heterocycles. The van der Waals surface area contributed by atoms with Crippen molar-refractivity contribution in [1.29, 1.82) is 0 Å². The second-order valence-corrected chi connectivity index (χ2v) is 9.13. The molecule has 8 heteroatoms. The minimum absolute atomic E-state index is 0.0475. The Bertz CT molecular complexity index is 712. The summed E-state index contributed by atoms with van der Waals surface area (Å²) in [6.45, 7) is 5.97. The van der Waals surface area contributed by atoms with E-state index in [9.17, 15) is 13.2 Å². The van der Waals surface area contributed by atoms with Crippen LogP contribution < -0.4 is 0 Å². The van der Waals surface area contributed by atoms with Gasteiger partial charge < -0.3 is 14.2 Å². The molecule has 0 aliphatic carbocycles. The van der Waals surface area contributed by atoms with Crippen LogP contribution in [0.25, 0.3) is 0 Å². The Hall–Kier alpha value is -1.38. The van der Waals surface area contributed by atoms with Crippen LogP contribution in [0.4, 0.5) is 0 Å². The van der Waals surface area contributed by atoms with Crippen LogP contribution in [-0.4, -0.2) is 66.5 Å². The maximum atomic E-state index is 12.8. The van der Waals surface area contributed by atoms with Gasteiger partial charge in [-0.2, -0.15) is 4.31 Å². The average Bonchev–Trinajstić information content (AvgIpc) is 3.01. The SMILES string of the molecule is C[C@H]1CN(C(=O)C2CCN(S(=O)(=O)c3ccn(C)c3)CC2)C[C@H](C)O1. The number of carbonyl (C=O) groups is 1. The third kappa shape index (κ3) is 3.91. The lowest BCUT2D eigenvalue weighted by Gasteiger charge is -2.39. The van der Waals surface area contributed by atoms with Crippen molar-refractivity contribution in [2.24, 2.45) is 13.0 Å². The van der Waals surface area contributed by atoms with Crippen molar-refractivity contribution in [3.05, 3.63) is 18.5 Å². The number of rotatable bonds is 3. The van der Waals surface area contributed by atoms with E-state index in [1.54, 1.807) is 30.1 Å². The van der Waals surface area contributed by atoms with Crippen LogP contribution in [0, 0.1) is 5.92 Å². The zero-order valence-corrected chi connectivity index (χ0v) is 15.9. The number of aryl methyl sites for hydroxylation is 1. The smallest absolute Gasteiger partial charge is 0.244 e. The van der Waals surface area contributed by atoms with Crippen LogP contribution in [0.2, 0.25) is 0 Å². The topological polar surface area (TPSA) is 71.9 Å². The summed E-state index contributed by atoms with van der Waals surface area (Å²) < 4.78 is 34.2. The molecule has 2 fully saturated rings. The largest absolute Gasteiger partial charge is 0.372 e. The van der Waals surface area contributed by atoms with Gasteiger partial charge in [0.15, 0.2) is 0 Å². The molecule has 0 saturated carbocycles. The Kier molecular flexibility index (Phi) is 5.22. The number of sulfonamides is 1. The van der Waals surface area contributed by atoms with Crippen molar-refractivity contribution in [3.63, 3.8) is 0 Å². The summed E-state index contributed by atoms with van der Waals surface area (Å²) in [5, 5.41) is 0. The lowest BCUT2D eigenvalue weighted by molar-refractivity contribution is -0.148. The minimum atomic E-state index is -3.47. The molecule has 3 rings (SSSR count). The number of amides is 1. The third-order valence-electron chi connectivity index (χ3n) is 4.98. The Balaban J connectivity index is 1.61. The predicted molar refractivity (Wildman–Crippen MR) is 93.5 cm³/mol. The summed E-state index contributed by atoms with van der Waals surface area (Å²) in [5.74, 6) is 0.0403. The van der Waals surface area contributed by atoms with E-state index >= 15 is 0 Å². The molecular weight excluding hydrogens is 342 g/mol. The van der Waals surface area contributed by atoms with Gasteiger partial charge in [0.1, 0.15) is 0 Å². The second kappa shape index (κ2) is 7.09. The summed E-state index contributed by atoms with van der Waals surface area (Å²) in [7, 11) is -1.67. The summed E-state index contributed by atoms with van der Waals surface area (Å²) >= 11 is 0. The summed E-state index contributed by atoms with van der Waals surface area (Å²) in [6, 6.07) is 1.61. The van der Waals surface area contributed by atoms with Crippen molar-refractivity contribution < 1.29 is 17.9 Å². The van der Waals surface area contributed by atoms with Gasteiger partial charge in [-0.1, -0.05) is 0 Å². The monoisotopic (exact) mass is 369 g/mol. The Morgan fingerprint density at radius 2 is 1.76 bits per heavy atom. The zero-order chi connectivity index (χ0) is 18.2. The van der Waals surface area contributed by atoms with E-state index in [-0.39, 0.29) is 24.0 Å². The molecule has 2 atom stereocenters.